The summed E-state index contributed by atoms with van der Waals surface area (Å²) in [7, 11) is 0. The smallest absolute Gasteiger partial charge is 0.0933 e. The standard InChI is InChI=1S/C9H16O2/c1-6-7-2-3-8(4-7)9(6,11)5-10/h6-8,10-11H,2-5H2,1H3/t6?,7-,8+,9?/m0/s1. The van der Waals surface area contributed by atoms with E-state index in [9.17, 15) is 5.11 Å². The topological polar surface area (TPSA) is 40.5 Å². The van der Waals surface area contributed by atoms with E-state index < -0.39 is 5.60 Å². The fourth-order valence-corrected chi connectivity index (χ4v) is 2.98. The number of hydrogen-bond acceptors (Lipinski definition) is 2. The highest BCUT2D eigenvalue weighted by Crippen LogP contribution is 2.54. The average molecular weight is 156 g/mol. The summed E-state index contributed by atoms with van der Waals surface area (Å²) in [5.74, 6) is 1.37. The average Bonchev–Trinajstić information content (AvgIpc) is 2.56. The lowest BCUT2D eigenvalue weighted by Gasteiger charge is -2.36. The van der Waals surface area contributed by atoms with Crippen LogP contribution < -0.4 is 0 Å². The lowest BCUT2D eigenvalue weighted by molar-refractivity contribution is -0.0904. The van der Waals surface area contributed by atoms with Crippen LogP contribution in [0.5, 0.6) is 0 Å². The molecule has 4 atom stereocenters. The molecular weight excluding hydrogens is 140 g/mol. The maximum Gasteiger partial charge on any atom is 0.0933 e. The van der Waals surface area contributed by atoms with E-state index in [0.717, 1.165) is 12.8 Å². The molecule has 2 aliphatic carbocycles. The Bertz CT molecular complexity index is 165. The molecule has 0 radical (unpaired) electrons. The number of aliphatic hydroxyl groups excluding tert-OH is 1. The predicted molar refractivity (Wildman–Crippen MR) is 42.0 cm³/mol. The molecule has 11 heavy (non-hydrogen) atoms. The van der Waals surface area contributed by atoms with Crippen molar-refractivity contribution in [2.45, 2.75) is 31.8 Å². The molecule has 0 aromatic carbocycles. The zero-order valence-electron chi connectivity index (χ0n) is 6.95. The molecule has 2 rings (SSSR count). The van der Waals surface area contributed by atoms with E-state index in [-0.39, 0.29) is 6.61 Å². The minimum absolute atomic E-state index is 0.0463. The van der Waals surface area contributed by atoms with Gasteiger partial charge in [-0.3, -0.25) is 0 Å². The summed E-state index contributed by atoms with van der Waals surface area (Å²) in [4.78, 5) is 0. The molecule has 2 bridgehead atoms. The van der Waals surface area contributed by atoms with Crippen LogP contribution in [0.25, 0.3) is 0 Å². The van der Waals surface area contributed by atoms with Gasteiger partial charge in [-0.2, -0.15) is 0 Å². The molecule has 0 spiro atoms. The van der Waals surface area contributed by atoms with Gasteiger partial charge in [-0.25, -0.2) is 0 Å². The van der Waals surface area contributed by atoms with Crippen LogP contribution in [0, 0.1) is 17.8 Å². The van der Waals surface area contributed by atoms with Crippen molar-refractivity contribution < 1.29 is 10.2 Å². The Morgan fingerprint density at radius 2 is 2.18 bits per heavy atom. The van der Waals surface area contributed by atoms with Crippen LogP contribution in [-0.2, 0) is 0 Å². The Morgan fingerprint density at radius 3 is 2.55 bits per heavy atom. The molecular formula is C9H16O2. The first-order chi connectivity index (χ1) is 5.18. The SMILES string of the molecule is CC1[C@H]2CC[C@H](C2)C1(O)CO. The van der Waals surface area contributed by atoms with Gasteiger partial charge in [0.1, 0.15) is 0 Å². The molecule has 64 valence electrons. The Hall–Kier alpha value is -0.0800. The van der Waals surface area contributed by atoms with Crippen molar-refractivity contribution in [2.24, 2.45) is 17.8 Å². The van der Waals surface area contributed by atoms with E-state index in [4.69, 9.17) is 5.11 Å². The Labute approximate surface area is 67.2 Å². The summed E-state index contributed by atoms with van der Waals surface area (Å²) >= 11 is 0. The van der Waals surface area contributed by atoms with Crippen LogP contribution in [-0.4, -0.2) is 22.4 Å². The van der Waals surface area contributed by atoms with Gasteiger partial charge in [0.25, 0.3) is 0 Å². The van der Waals surface area contributed by atoms with Crippen LogP contribution in [0.4, 0.5) is 0 Å². The number of rotatable bonds is 1. The fraction of sp³-hybridized carbons (Fsp3) is 1.00. The van der Waals surface area contributed by atoms with Gasteiger partial charge < -0.3 is 10.2 Å². The molecule has 0 heterocycles. The van der Waals surface area contributed by atoms with Crippen LogP contribution in [0.15, 0.2) is 0 Å². The molecule has 2 aliphatic rings. The van der Waals surface area contributed by atoms with Crippen LogP contribution in [0.3, 0.4) is 0 Å². The largest absolute Gasteiger partial charge is 0.393 e. The Morgan fingerprint density at radius 1 is 1.45 bits per heavy atom. The molecule has 2 heteroatoms. The number of aliphatic hydroxyl groups is 2. The van der Waals surface area contributed by atoms with E-state index in [0.29, 0.717) is 17.8 Å². The second kappa shape index (κ2) is 2.20. The third kappa shape index (κ3) is 0.798. The van der Waals surface area contributed by atoms with E-state index in [1.807, 2.05) is 0 Å². The molecule has 2 saturated carbocycles. The van der Waals surface area contributed by atoms with Crippen LogP contribution in [0.2, 0.25) is 0 Å². The van der Waals surface area contributed by atoms with Gasteiger partial charge in [0, 0.05) is 0 Å². The van der Waals surface area contributed by atoms with Crippen molar-refractivity contribution in [2.75, 3.05) is 6.61 Å². The third-order valence-corrected chi connectivity index (χ3v) is 3.93. The molecule has 2 nitrogen and oxygen atoms in total. The van der Waals surface area contributed by atoms with E-state index in [1.165, 1.54) is 6.42 Å². The molecule has 0 amide bonds. The van der Waals surface area contributed by atoms with E-state index >= 15 is 0 Å². The van der Waals surface area contributed by atoms with Gasteiger partial charge in [-0.1, -0.05) is 6.92 Å². The lowest BCUT2D eigenvalue weighted by atomic mass is 9.77. The van der Waals surface area contributed by atoms with Crippen molar-refractivity contribution in [1.29, 1.82) is 0 Å². The normalized spacial score (nSPS) is 55.4. The van der Waals surface area contributed by atoms with Gasteiger partial charge in [0.15, 0.2) is 0 Å². The second-order valence-corrected chi connectivity index (χ2v) is 4.21. The molecule has 0 aromatic heterocycles. The van der Waals surface area contributed by atoms with Gasteiger partial charge in [-0.15, -0.1) is 0 Å². The summed E-state index contributed by atoms with van der Waals surface area (Å²) in [5, 5.41) is 19.1. The predicted octanol–water partition coefficient (Wildman–Crippen LogP) is 0.776. The lowest BCUT2D eigenvalue weighted by Crippen LogP contribution is -2.45. The Kier molecular flexibility index (Phi) is 1.52. The highest BCUT2D eigenvalue weighted by atomic mass is 16.3. The maximum absolute atomic E-state index is 10.0. The molecule has 2 N–H and O–H groups in total. The summed E-state index contributed by atoms with van der Waals surface area (Å²) in [6.45, 7) is 2.02. The summed E-state index contributed by atoms with van der Waals surface area (Å²) in [6, 6.07) is 0. The first kappa shape index (κ1) is 7.56. The maximum atomic E-state index is 10.0. The monoisotopic (exact) mass is 156 g/mol. The number of fused-ring (bicyclic) bond motifs is 2. The first-order valence-corrected chi connectivity index (χ1v) is 4.51. The van der Waals surface area contributed by atoms with Crippen molar-refractivity contribution in [3.8, 4) is 0 Å². The van der Waals surface area contributed by atoms with E-state index in [1.54, 1.807) is 0 Å². The quantitative estimate of drug-likeness (QED) is 0.589. The van der Waals surface area contributed by atoms with Crippen molar-refractivity contribution in [3.05, 3.63) is 0 Å². The first-order valence-electron chi connectivity index (χ1n) is 4.51. The molecule has 0 saturated heterocycles. The highest BCUT2D eigenvalue weighted by molar-refractivity contribution is 5.04. The van der Waals surface area contributed by atoms with Gasteiger partial charge in [0.2, 0.25) is 0 Å². The Balaban J connectivity index is 2.23. The highest BCUT2D eigenvalue weighted by Gasteiger charge is 2.54. The fourth-order valence-electron chi connectivity index (χ4n) is 2.98. The summed E-state index contributed by atoms with van der Waals surface area (Å²) < 4.78 is 0. The third-order valence-electron chi connectivity index (χ3n) is 3.93. The zero-order valence-corrected chi connectivity index (χ0v) is 6.95. The summed E-state index contributed by atoms with van der Waals surface area (Å²) in [6.07, 6.45) is 3.51. The molecule has 0 aromatic rings. The molecule has 2 fully saturated rings. The van der Waals surface area contributed by atoms with E-state index in [2.05, 4.69) is 6.92 Å². The van der Waals surface area contributed by atoms with Crippen molar-refractivity contribution in [1.82, 2.24) is 0 Å². The van der Waals surface area contributed by atoms with Gasteiger partial charge in [0.05, 0.1) is 12.2 Å². The van der Waals surface area contributed by atoms with Crippen molar-refractivity contribution >= 4 is 0 Å². The molecule has 0 aliphatic heterocycles. The minimum Gasteiger partial charge on any atom is -0.393 e. The van der Waals surface area contributed by atoms with Gasteiger partial charge >= 0.3 is 0 Å². The molecule has 2 unspecified atom stereocenters. The second-order valence-electron chi connectivity index (χ2n) is 4.21. The van der Waals surface area contributed by atoms with Crippen LogP contribution >= 0.6 is 0 Å². The van der Waals surface area contributed by atoms with Crippen molar-refractivity contribution in [3.63, 3.8) is 0 Å². The van der Waals surface area contributed by atoms with Crippen LogP contribution in [0.1, 0.15) is 26.2 Å². The summed E-state index contributed by atoms with van der Waals surface area (Å²) in [5.41, 5.74) is -0.733. The minimum atomic E-state index is -0.733. The number of hydrogen-bond donors (Lipinski definition) is 2. The zero-order chi connectivity index (χ0) is 8.06. The van der Waals surface area contributed by atoms with Gasteiger partial charge in [-0.05, 0) is 37.0 Å².